The Kier molecular flexibility index (Phi) is 3.31. The van der Waals surface area contributed by atoms with Crippen LogP contribution in [-0.4, -0.2) is 10.1 Å². The van der Waals surface area contributed by atoms with Gasteiger partial charge in [-0.3, -0.25) is 0 Å². The summed E-state index contributed by atoms with van der Waals surface area (Å²) in [6.45, 7) is 0. The van der Waals surface area contributed by atoms with E-state index in [2.05, 4.69) is 43.6 Å². The molecule has 0 unspecified atom stereocenters. The molecule has 0 aliphatic carbocycles. The van der Waals surface area contributed by atoms with Crippen LogP contribution in [0.25, 0.3) is 0 Å². The number of hydrogen-bond donors (Lipinski definition) is 0. The van der Waals surface area contributed by atoms with Crippen molar-refractivity contribution >= 4 is 27.3 Å². The van der Waals surface area contributed by atoms with Crippen molar-refractivity contribution in [2.24, 2.45) is 0 Å². The molecule has 74 valence electrons. The van der Waals surface area contributed by atoms with Crippen molar-refractivity contribution in [2.75, 3.05) is 0 Å². The lowest BCUT2D eigenvalue weighted by atomic mass is 10.2. The monoisotopic (exact) mass is 272 g/mol. The lowest BCUT2D eigenvalue weighted by molar-refractivity contribution is 0.372. The maximum absolute atomic E-state index is 4.98. The Balaban J connectivity index is 1.78. The molecule has 0 aliphatic heterocycles. The second-order valence-electron chi connectivity index (χ2n) is 2.89. The first-order valence-electron chi connectivity index (χ1n) is 4.35. The lowest BCUT2D eigenvalue weighted by Crippen LogP contribution is -1.87. The summed E-state index contributed by atoms with van der Waals surface area (Å²) < 4.78 is 5.51. The Bertz CT molecular complexity index is 385. The van der Waals surface area contributed by atoms with E-state index in [-0.39, 0.29) is 0 Å². The van der Waals surface area contributed by atoms with Crippen LogP contribution in [0.4, 0.5) is 0 Å². The van der Waals surface area contributed by atoms with Gasteiger partial charge in [0.05, 0.1) is 0 Å². The van der Waals surface area contributed by atoms with E-state index in [1.165, 1.54) is 4.88 Å². The fourth-order valence-electron chi connectivity index (χ4n) is 1.20. The van der Waals surface area contributed by atoms with Gasteiger partial charge in [-0.2, -0.15) is 4.98 Å². The summed E-state index contributed by atoms with van der Waals surface area (Å²) in [6.07, 6.45) is 2.98. The molecule has 0 atom stereocenters. The van der Waals surface area contributed by atoms with E-state index in [4.69, 9.17) is 4.52 Å². The van der Waals surface area contributed by atoms with Gasteiger partial charge in [-0.1, -0.05) is 6.07 Å². The fourth-order valence-corrected chi connectivity index (χ4v) is 2.23. The number of halogens is 1. The molecule has 2 rings (SSSR count). The highest BCUT2D eigenvalue weighted by atomic mass is 79.9. The minimum absolute atomic E-state index is 0.531. The molecule has 2 aromatic heterocycles. The first kappa shape index (κ1) is 9.86. The van der Waals surface area contributed by atoms with E-state index in [0.717, 1.165) is 19.3 Å². The van der Waals surface area contributed by atoms with E-state index in [1.54, 1.807) is 11.3 Å². The smallest absolute Gasteiger partial charge is 0.238 e. The maximum atomic E-state index is 4.98. The van der Waals surface area contributed by atoms with Crippen molar-refractivity contribution in [3.63, 3.8) is 0 Å². The molecule has 0 fully saturated rings. The number of hydrogen-bond acceptors (Lipinski definition) is 4. The van der Waals surface area contributed by atoms with Crippen LogP contribution in [0.15, 0.2) is 26.8 Å². The van der Waals surface area contributed by atoms with Crippen LogP contribution < -0.4 is 0 Å². The number of rotatable bonds is 4. The molecule has 2 aromatic rings. The zero-order valence-corrected chi connectivity index (χ0v) is 9.84. The third-order valence-corrected chi connectivity index (χ3v) is 3.10. The number of thiophene rings is 1. The van der Waals surface area contributed by atoms with Gasteiger partial charge < -0.3 is 4.52 Å². The van der Waals surface area contributed by atoms with Crippen LogP contribution in [-0.2, 0) is 12.8 Å². The molecule has 0 saturated heterocycles. The lowest BCUT2D eigenvalue weighted by Gasteiger charge is -1.93. The van der Waals surface area contributed by atoms with Crippen molar-refractivity contribution in [1.29, 1.82) is 0 Å². The normalized spacial score (nSPS) is 10.6. The van der Waals surface area contributed by atoms with Crippen molar-refractivity contribution in [3.05, 3.63) is 33.0 Å². The zero-order valence-electron chi connectivity index (χ0n) is 7.44. The van der Waals surface area contributed by atoms with E-state index in [9.17, 15) is 0 Å². The summed E-state index contributed by atoms with van der Waals surface area (Å²) in [6, 6.07) is 4.22. The van der Waals surface area contributed by atoms with E-state index in [1.807, 2.05) is 0 Å². The second kappa shape index (κ2) is 4.70. The molecule has 0 aliphatic rings. The molecule has 0 radical (unpaired) electrons. The minimum Gasteiger partial charge on any atom is -0.338 e. The quantitative estimate of drug-likeness (QED) is 0.859. The number of aromatic nitrogens is 2. The van der Waals surface area contributed by atoms with Crippen LogP contribution in [0.1, 0.15) is 17.2 Å². The van der Waals surface area contributed by atoms with Gasteiger partial charge in [0.25, 0.3) is 0 Å². The summed E-state index contributed by atoms with van der Waals surface area (Å²) in [4.78, 5) is 5.48. The molecular formula is C9H9BrN2OS. The van der Waals surface area contributed by atoms with Gasteiger partial charge in [-0.15, -0.1) is 11.3 Å². The van der Waals surface area contributed by atoms with Gasteiger partial charge in [0.2, 0.25) is 10.6 Å². The molecule has 0 aromatic carbocycles. The minimum atomic E-state index is 0.531. The third kappa shape index (κ3) is 2.65. The number of aryl methyl sites for hydroxylation is 2. The average Bonchev–Trinajstić information content (AvgIpc) is 2.77. The van der Waals surface area contributed by atoms with Gasteiger partial charge >= 0.3 is 0 Å². The second-order valence-corrected chi connectivity index (χ2v) is 4.63. The highest BCUT2D eigenvalue weighted by Gasteiger charge is 2.03. The Hall–Kier alpha value is -0.680. The zero-order chi connectivity index (χ0) is 9.80. The predicted octanol–water partition coefficient (Wildman–Crippen LogP) is 3.07. The summed E-state index contributed by atoms with van der Waals surface area (Å²) in [5.41, 5.74) is 0. The van der Waals surface area contributed by atoms with Crippen LogP contribution in [0.3, 0.4) is 0 Å². The molecule has 0 amide bonds. The van der Waals surface area contributed by atoms with Crippen LogP contribution in [0.2, 0.25) is 0 Å². The Morgan fingerprint density at radius 1 is 1.43 bits per heavy atom. The Morgan fingerprint density at radius 2 is 2.36 bits per heavy atom. The van der Waals surface area contributed by atoms with Gasteiger partial charge in [-0.25, -0.2) is 0 Å². The summed E-state index contributed by atoms with van der Waals surface area (Å²) in [7, 11) is 0. The summed E-state index contributed by atoms with van der Waals surface area (Å²) >= 11 is 4.94. The highest BCUT2D eigenvalue weighted by molar-refractivity contribution is 9.10. The van der Waals surface area contributed by atoms with Crippen molar-refractivity contribution < 1.29 is 4.52 Å². The average molecular weight is 273 g/mol. The molecule has 2 heterocycles. The molecule has 5 heteroatoms. The van der Waals surface area contributed by atoms with Crippen LogP contribution >= 0.6 is 27.3 Å². The fraction of sp³-hybridized carbons (Fsp3) is 0.333. The van der Waals surface area contributed by atoms with Crippen molar-refractivity contribution in [2.45, 2.75) is 19.3 Å². The highest BCUT2D eigenvalue weighted by Crippen LogP contribution is 2.13. The summed E-state index contributed by atoms with van der Waals surface area (Å²) in [5.74, 6) is 0.702. The first-order valence-corrected chi connectivity index (χ1v) is 6.02. The SMILES string of the molecule is Brc1noc(CCCc2cccs2)n1. The number of nitrogens with zero attached hydrogens (tertiary/aromatic N) is 2. The van der Waals surface area contributed by atoms with Crippen molar-refractivity contribution in [1.82, 2.24) is 10.1 Å². The molecule has 0 spiro atoms. The third-order valence-electron chi connectivity index (χ3n) is 1.84. The van der Waals surface area contributed by atoms with Gasteiger partial charge in [0.15, 0.2) is 0 Å². The molecule has 0 N–H and O–H groups in total. The van der Waals surface area contributed by atoms with E-state index < -0.39 is 0 Å². The van der Waals surface area contributed by atoms with Crippen LogP contribution in [0.5, 0.6) is 0 Å². The van der Waals surface area contributed by atoms with Gasteiger partial charge in [0.1, 0.15) is 0 Å². The molecule has 14 heavy (non-hydrogen) atoms. The standard InChI is InChI=1S/C9H9BrN2OS/c10-9-11-8(13-12-9)5-1-3-7-4-2-6-14-7/h2,4,6H,1,3,5H2. The Labute approximate surface area is 94.3 Å². The summed E-state index contributed by atoms with van der Waals surface area (Å²) in [5, 5.41) is 5.76. The van der Waals surface area contributed by atoms with E-state index >= 15 is 0 Å². The van der Waals surface area contributed by atoms with E-state index in [0.29, 0.717) is 10.6 Å². The van der Waals surface area contributed by atoms with Crippen molar-refractivity contribution in [3.8, 4) is 0 Å². The molecule has 0 saturated carbocycles. The molecule has 3 nitrogen and oxygen atoms in total. The van der Waals surface area contributed by atoms with Crippen LogP contribution in [0, 0.1) is 0 Å². The maximum Gasteiger partial charge on any atom is 0.238 e. The topological polar surface area (TPSA) is 38.9 Å². The predicted molar refractivity (Wildman–Crippen MR) is 58.3 cm³/mol. The Morgan fingerprint density at radius 3 is 3.00 bits per heavy atom. The van der Waals surface area contributed by atoms with Gasteiger partial charge in [-0.05, 0) is 45.4 Å². The molecule has 0 bridgehead atoms. The first-order chi connectivity index (χ1) is 6.84. The molecular weight excluding hydrogens is 264 g/mol. The van der Waals surface area contributed by atoms with Gasteiger partial charge in [0, 0.05) is 11.3 Å². The largest absolute Gasteiger partial charge is 0.338 e.